The third-order valence-electron chi connectivity index (χ3n) is 6.89. The van der Waals surface area contributed by atoms with E-state index in [1.54, 1.807) is 6.07 Å². The zero-order valence-electron chi connectivity index (χ0n) is 19.5. The quantitative estimate of drug-likeness (QED) is 0.439. The predicted octanol–water partition coefficient (Wildman–Crippen LogP) is 0.586. The summed E-state index contributed by atoms with van der Waals surface area (Å²) >= 11 is 0. The largest absolute Gasteiger partial charge is 0.467 e. The van der Waals surface area contributed by atoms with E-state index in [0.717, 1.165) is 12.7 Å². The first-order valence-corrected chi connectivity index (χ1v) is 11.5. The van der Waals surface area contributed by atoms with Crippen molar-refractivity contribution in [1.82, 2.24) is 0 Å². The molecule has 2 aromatic carbocycles. The highest BCUT2D eigenvalue weighted by Crippen LogP contribution is 2.39. The van der Waals surface area contributed by atoms with Crippen molar-refractivity contribution < 1.29 is 48.7 Å². The molecule has 3 N–H and O–H groups in total. The van der Waals surface area contributed by atoms with Gasteiger partial charge in [-0.15, -0.1) is 0 Å². The van der Waals surface area contributed by atoms with Crippen LogP contribution in [0.3, 0.4) is 0 Å². The Bertz CT molecular complexity index is 1300. The fourth-order valence-corrected chi connectivity index (χ4v) is 5.13. The summed E-state index contributed by atoms with van der Waals surface area (Å²) in [6.45, 7) is 1.95. The Morgan fingerprint density at radius 2 is 1.58 bits per heavy atom. The second kappa shape index (κ2) is 8.90. The van der Waals surface area contributed by atoms with Gasteiger partial charge < -0.3 is 29.5 Å². The summed E-state index contributed by atoms with van der Waals surface area (Å²) in [5.74, 6) is -2.24. The van der Waals surface area contributed by atoms with Gasteiger partial charge in [0.2, 0.25) is 6.29 Å². The molecule has 0 saturated carbocycles. The number of benzene rings is 2. The molecule has 3 aliphatic rings. The zero-order chi connectivity index (χ0) is 25.9. The lowest BCUT2D eigenvalue weighted by Crippen LogP contribution is -2.61. The molecule has 5 rings (SSSR count). The number of rotatable bonds is 3. The molecular weight excluding hydrogens is 472 g/mol. The number of ether oxygens (including phenoxy) is 3. The molecule has 1 fully saturated rings. The number of carbonyl (C=O) groups is 4. The first-order valence-electron chi connectivity index (χ1n) is 11.5. The van der Waals surface area contributed by atoms with E-state index in [2.05, 4.69) is 4.74 Å². The van der Waals surface area contributed by atoms with Crippen LogP contribution < -0.4 is 4.74 Å². The van der Waals surface area contributed by atoms with Gasteiger partial charge in [-0.1, -0.05) is 25.1 Å². The lowest BCUT2D eigenvalue weighted by Gasteiger charge is -2.39. The van der Waals surface area contributed by atoms with E-state index in [0.29, 0.717) is 6.42 Å². The Hall–Kier alpha value is -3.44. The van der Waals surface area contributed by atoms with Gasteiger partial charge in [0.15, 0.2) is 23.5 Å². The van der Waals surface area contributed by atoms with E-state index < -0.39 is 48.2 Å². The number of hydrogen-bond donors (Lipinski definition) is 3. The summed E-state index contributed by atoms with van der Waals surface area (Å²) in [4.78, 5) is 52.0. The number of aliphatic hydroxyl groups excluding tert-OH is 3. The van der Waals surface area contributed by atoms with Gasteiger partial charge in [0.05, 0.1) is 12.7 Å². The second-order valence-electron chi connectivity index (χ2n) is 9.33. The molecule has 1 aliphatic heterocycles. The van der Waals surface area contributed by atoms with Crippen molar-refractivity contribution in [2.75, 3.05) is 7.11 Å². The van der Waals surface area contributed by atoms with E-state index in [9.17, 15) is 34.5 Å². The monoisotopic (exact) mass is 496 g/mol. The summed E-state index contributed by atoms with van der Waals surface area (Å²) in [5, 5.41) is 30.7. The van der Waals surface area contributed by atoms with Gasteiger partial charge in [-0.25, -0.2) is 4.79 Å². The van der Waals surface area contributed by atoms with Crippen LogP contribution in [-0.2, 0) is 20.7 Å². The highest BCUT2D eigenvalue weighted by Gasteiger charge is 2.49. The number of carbonyl (C=O) groups excluding carboxylic acids is 4. The van der Waals surface area contributed by atoms with Crippen LogP contribution in [0.1, 0.15) is 61.1 Å². The third-order valence-corrected chi connectivity index (χ3v) is 6.89. The molecule has 188 valence electrons. The molecule has 6 atom stereocenters. The summed E-state index contributed by atoms with van der Waals surface area (Å²) in [5.41, 5.74) is 1.08. The molecule has 1 saturated heterocycles. The molecule has 36 heavy (non-hydrogen) atoms. The number of aliphatic hydroxyl groups is 3. The van der Waals surface area contributed by atoms with Crippen molar-refractivity contribution in [3.05, 3.63) is 63.7 Å². The molecule has 0 spiro atoms. The first kappa shape index (κ1) is 24.3. The smallest absolute Gasteiger partial charge is 0.337 e. The van der Waals surface area contributed by atoms with Crippen LogP contribution in [0.5, 0.6) is 5.75 Å². The molecule has 10 nitrogen and oxygen atoms in total. The number of esters is 1. The topological polar surface area (TPSA) is 157 Å². The van der Waals surface area contributed by atoms with Crippen LogP contribution in [-0.4, -0.2) is 76.5 Å². The van der Waals surface area contributed by atoms with Gasteiger partial charge in [-0.05, 0) is 30.0 Å². The van der Waals surface area contributed by atoms with Crippen molar-refractivity contribution >= 4 is 23.3 Å². The number of hydrogen-bond acceptors (Lipinski definition) is 10. The van der Waals surface area contributed by atoms with Crippen molar-refractivity contribution in [2.24, 2.45) is 5.92 Å². The highest BCUT2D eigenvalue weighted by molar-refractivity contribution is 6.32. The maximum absolute atomic E-state index is 13.6. The van der Waals surface area contributed by atoms with Crippen LogP contribution >= 0.6 is 0 Å². The van der Waals surface area contributed by atoms with Crippen molar-refractivity contribution in [1.29, 1.82) is 0 Å². The molecule has 0 aromatic heterocycles. The van der Waals surface area contributed by atoms with Crippen LogP contribution in [0.15, 0.2) is 30.3 Å². The number of methoxy groups -OCH3 is 1. The number of fused-ring (bicyclic) bond motifs is 4. The summed E-state index contributed by atoms with van der Waals surface area (Å²) in [6.07, 6.45) is -7.80. The molecule has 0 bridgehead atoms. The van der Waals surface area contributed by atoms with Crippen molar-refractivity contribution in [3.8, 4) is 5.75 Å². The Kier molecular flexibility index (Phi) is 6.00. The molecular formula is C26H24O10. The Balaban J connectivity index is 1.54. The molecule has 2 aliphatic carbocycles. The van der Waals surface area contributed by atoms with E-state index in [-0.39, 0.29) is 51.7 Å². The highest BCUT2D eigenvalue weighted by atomic mass is 16.7. The van der Waals surface area contributed by atoms with Gasteiger partial charge in [-0.3, -0.25) is 14.4 Å². The van der Waals surface area contributed by atoms with E-state index in [1.165, 1.54) is 24.3 Å². The van der Waals surface area contributed by atoms with Crippen LogP contribution in [0, 0.1) is 5.92 Å². The predicted molar refractivity (Wildman–Crippen MR) is 121 cm³/mol. The van der Waals surface area contributed by atoms with Gasteiger partial charge >= 0.3 is 5.97 Å². The molecule has 2 aromatic rings. The average molecular weight is 496 g/mol. The number of Topliss-reactive ketones (excluding diaryl/α,β-unsaturated/α-hetero) is 1. The Labute approximate surface area is 205 Å². The molecule has 1 heterocycles. The maximum Gasteiger partial charge on any atom is 0.337 e. The minimum atomic E-state index is -1.81. The van der Waals surface area contributed by atoms with Gasteiger partial charge in [0, 0.05) is 28.7 Å². The average Bonchev–Trinajstić information content (AvgIpc) is 2.86. The molecule has 0 radical (unpaired) electrons. The van der Waals surface area contributed by atoms with Gasteiger partial charge in [0.1, 0.15) is 24.1 Å². The Morgan fingerprint density at radius 1 is 0.889 bits per heavy atom. The minimum Gasteiger partial charge on any atom is -0.467 e. The lowest BCUT2D eigenvalue weighted by atomic mass is 9.74. The van der Waals surface area contributed by atoms with E-state index in [4.69, 9.17) is 9.47 Å². The lowest BCUT2D eigenvalue weighted by molar-refractivity contribution is -0.271. The van der Waals surface area contributed by atoms with Gasteiger partial charge in [-0.2, -0.15) is 0 Å². The zero-order valence-corrected chi connectivity index (χ0v) is 19.5. The summed E-state index contributed by atoms with van der Waals surface area (Å²) in [6, 6.07) is 7.49. The van der Waals surface area contributed by atoms with Crippen molar-refractivity contribution in [3.63, 3.8) is 0 Å². The second-order valence-corrected chi connectivity index (χ2v) is 9.33. The Morgan fingerprint density at radius 3 is 2.31 bits per heavy atom. The fourth-order valence-electron chi connectivity index (χ4n) is 5.13. The normalized spacial score (nSPS) is 29.2. The first-order chi connectivity index (χ1) is 17.1. The van der Waals surface area contributed by atoms with E-state index >= 15 is 0 Å². The summed E-state index contributed by atoms with van der Waals surface area (Å²) in [7, 11) is 1.06. The fraction of sp³-hybridized carbons (Fsp3) is 0.385. The molecule has 0 unspecified atom stereocenters. The van der Waals surface area contributed by atoms with Crippen LogP contribution in [0.2, 0.25) is 0 Å². The molecule has 10 heteroatoms. The van der Waals surface area contributed by atoms with Crippen molar-refractivity contribution in [2.45, 2.75) is 50.5 Å². The van der Waals surface area contributed by atoms with Gasteiger partial charge in [0.25, 0.3) is 0 Å². The number of ketones is 3. The summed E-state index contributed by atoms with van der Waals surface area (Å²) < 4.78 is 15.6. The standard InChI is InChI=1S/C26H24O10/c1-10-8-11-6-7-13-18(16(11)14(27)9-10)20(29)12-4-3-5-15(17(12)19(13)28)35-26-23(32)21(30)22(31)24(36-26)25(33)34-2/h3-7,10,21-24,26,30-32H,8-9H2,1-2H3/t10-,21-,22-,23+,24-,26+/m0/s1. The van der Waals surface area contributed by atoms with E-state index in [1.807, 2.05) is 6.92 Å². The van der Waals surface area contributed by atoms with Crippen LogP contribution in [0.25, 0.3) is 0 Å². The molecule has 0 amide bonds. The third kappa shape index (κ3) is 3.65. The van der Waals surface area contributed by atoms with Crippen LogP contribution in [0.4, 0.5) is 0 Å². The minimum absolute atomic E-state index is 0.0141. The maximum atomic E-state index is 13.6. The SMILES string of the molecule is COC(=O)[C@H]1O[C@@H](Oc2cccc3c2C(=O)c2ccc4c(c2C3=O)C(=O)C[C@@H](C)C4)[C@H](O)[C@@H](O)[C@@H]1O.